The fourth-order valence-electron chi connectivity index (χ4n) is 1.56. The molecule has 1 amide bonds. The molecule has 0 aromatic heterocycles. The average Bonchev–Trinajstić information content (AvgIpc) is 2.90. The Hall–Kier alpha value is -1.26. The van der Waals surface area contributed by atoms with E-state index in [2.05, 4.69) is 0 Å². The van der Waals surface area contributed by atoms with E-state index >= 15 is 0 Å². The molecule has 0 heterocycles. The first kappa shape index (κ1) is 15.8. The summed E-state index contributed by atoms with van der Waals surface area (Å²) < 4.78 is 10.5. The van der Waals surface area contributed by atoms with Gasteiger partial charge in [0.15, 0.2) is 0 Å². The summed E-state index contributed by atoms with van der Waals surface area (Å²) in [6.07, 6.45) is 1.39. The van der Waals surface area contributed by atoms with Crippen LogP contribution in [0.2, 0.25) is 0 Å². The molecule has 1 saturated carbocycles. The Morgan fingerprint density at radius 2 is 1.47 bits per heavy atom. The maximum Gasteiger partial charge on any atom is 0.411 e. The molecule has 0 unspecified atom stereocenters. The van der Waals surface area contributed by atoms with Crippen LogP contribution in [0.3, 0.4) is 0 Å². The van der Waals surface area contributed by atoms with Gasteiger partial charge in [-0.3, -0.25) is 9.69 Å². The fraction of sp³-hybridized carbons (Fsp3) is 0.857. The van der Waals surface area contributed by atoms with Gasteiger partial charge in [0.2, 0.25) is 0 Å². The van der Waals surface area contributed by atoms with Crippen molar-refractivity contribution in [3.05, 3.63) is 0 Å². The van der Waals surface area contributed by atoms with E-state index in [1.807, 2.05) is 20.8 Å². The van der Waals surface area contributed by atoms with E-state index in [1.54, 1.807) is 20.8 Å². The lowest BCUT2D eigenvalue weighted by molar-refractivity contribution is -0.156. The quantitative estimate of drug-likeness (QED) is 0.741. The largest absolute Gasteiger partial charge is 0.459 e. The second-order valence-electron chi connectivity index (χ2n) is 6.93. The first-order chi connectivity index (χ1) is 8.48. The lowest BCUT2D eigenvalue weighted by Gasteiger charge is -2.28. The Bertz CT molecular complexity index is 347. The standard InChI is InChI=1S/C14H25NO4/c1-13(2,3)18-11(16)9-15(10-7-8-10)12(17)19-14(4,5)6/h10H,7-9H2,1-6H3. The van der Waals surface area contributed by atoms with Gasteiger partial charge in [-0.15, -0.1) is 0 Å². The third-order valence-electron chi connectivity index (χ3n) is 2.34. The molecule has 0 radical (unpaired) electrons. The van der Waals surface area contributed by atoms with Crippen molar-refractivity contribution in [2.24, 2.45) is 0 Å². The van der Waals surface area contributed by atoms with Gasteiger partial charge in [0.05, 0.1) is 0 Å². The molecule has 0 N–H and O–H groups in total. The van der Waals surface area contributed by atoms with Crippen LogP contribution >= 0.6 is 0 Å². The number of carbonyl (C=O) groups is 2. The van der Waals surface area contributed by atoms with Crippen molar-refractivity contribution in [2.45, 2.75) is 71.6 Å². The number of hydrogen-bond acceptors (Lipinski definition) is 4. The predicted molar refractivity (Wildman–Crippen MR) is 71.8 cm³/mol. The molecular formula is C14H25NO4. The van der Waals surface area contributed by atoms with E-state index in [0.717, 1.165) is 12.8 Å². The lowest BCUT2D eigenvalue weighted by atomic mass is 10.2. The summed E-state index contributed by atoms with van der Waals surface area (Å²) in [5.41, 5.74) is -1.10. The number of rotatable bonds is 3. The highest BCUT2D eigenvalue weighted by Gasteiger charge is 2.37. The minimum atomic E-state index is -0.557. The van der Waals surface area contributed by atoms with E-state index in [0.29, 0.717) is 0 Å². The van der Waals surface area contributed by atoms with Crippen molar-refractivity contribution in [1.82, 2.24) is 4.90 Å². The molecule has 1 fully saturated rings. The molecule has 5 nitrogen and oxygen atoms in total. The van der Waals surface area contributed by atoms with E-state index < -0.39 is 23.3 Å². The summed E-state index contributed by atoms with van der Waals surface area (Å²) >= 11 is 0. The topological polar surface area (TPSA) is 55.8 Å². The molecule has 5 heteroatoms. The number of nitrogens with zero attached hydrogens (tertiary/aromatic N) is 1. The number of ether oxygens (including phenoxy) is 2. The van der Waals surface area contributed by atoms with Crippen LogP contribution in [-0.4, -0.2) is 40.8 Å². The summed E-state index contributed by atoms with van der Waals surface area (Å²) in [6.45, 7) is 10.8. The molecule has 1 aliphatic rings. The summed E-state index contributed by atoms with van der Waals surface area (Å²) in [7, 11) is 0. The van der Waals surface area contributed by atoms with Crippen molar-refractivity contribution in [2.75, 3.05) is 6.54 Å². The molecule has 0 saturated heterocycles. The van der Waals surface area contributed by atoms with Crippen LogP contribution in [0.4, 0.5) is 4.79 Å². The van der Waals surface area contributed by atoms with E-state index in [-0.39, 0.29) is 12.6 Å². The van der Waals surface area contributed by atoms with Crippen molar-refractivity contribution in [3.63, 3.8) is 0 Å². The Morgan fingerprint density at radius 1 is 1.00 bits per heavy atom. The second kappa shape index (κ2) is 5.39. The summed E-state index contributed by atoms with van der Waals surface area (Å²) in [5, 5.41) is 0. The van der Waals surface area contributed by atoms with Gasteiger partial charge in [-0.1, -0.05) is 0 Å². The van der Waals surface area contributed by atoms with Crippen LogP contribution in [0.1, 0.15) is 54.4 Å². The van der Waals surface area contributed by atoms with Crippen LogP contribution in [0.15, 0.2) is 0 Å². The molecule has 0 spiro atoms. The third kappa shape index (κ3) is 6.45. The molecule has 0 atom stereocenters. The fourth-order valence-corrected chi connectivity index (χ4v) is 1.56. The minimum Gasteiger partial charge on any atom is -0.459 e. The predicted octanol–water partition coefficient (Wildman–Crippen LogP) is 2.73. The number of carbonyl (C=O) groups excluding carboxylic acids is 2. The van der Waals surface area contributed by atoms with Gasteiger partial charge in [0.25, 0.3) is 0 Å². The van der Waals surface area contributed by atoms with Gasteiger partial charge in [-0.25, -0.2) is 4.79 Å². The van der Waals surface area contributed by atoms with Crippen molar-refractivity contribution in [3.8, 4) is 0 Å². The zero-order chi connectivity index (χ0) is 14.8. The SMILES string of the molecule is CC(C)(C)OC(=O)CN(C(=O)OC(C)(C)C)C1CC1. The summed E-state index contributed by atoms with van der Waals surface area (Å²) in [5.74, 6) is -0.398. The Kier molecular flexibility index (Phi) is 4.48. The number of hydrogen-bond donors (Lipinski definition) is 0. The Morgan fingerprint density at radius 3 is 1.84 bits per heavy atom. The highest BCUT2D eigenvalue weighted by molar-refractivity contribution is 5.79. The van der Waals surface area contributed by atoms with Crippen molar-refractivity contribution in [1.29, 1.82) is 0 Å². The molecule has 0 aromatic rings. The molecule has 0 aliphatic heterocycles. The Balaban J connectivity index is 2.59. The summed E-state index contributed by atoms with van der Waals surface area (Å²) in [6, 6.07) is 0.113. The lowest BCUT2D eigenvalue weighted by Crippen LogP contribution is -2.42. The molecule has 1 rings (SSSR count). The minimum absolute atomic E-state index is 0.0448. The first-order valence-corrected chi connectivity index (χ1v) is 6.69. The molecule has 0 bridgehead atoms. The van der Waals surface area contributed by atoms with Gasteiger partial charge in [-0.05, 0) is 54.4 Å². The van der Waals surface area contributed by atoms with Gasteiger partial charge in [0, 0.05) is 6.04 Å². The van der Waals surface area contributed by atoms with Crippen LogP contribution in [0.5, 0.6) is 0 Å². The molecule has 1 aliphatic carbocycles. The van der Waals surface area contributed by atoms with Gasteiger partial charge >= 0.3 is 12.1 Å². The highest BCUT2D eigenvalue weighted by Crippen LogP contribution is 2.28. The van der Waals surface area contributed by atoms with Gasteiger partial charge in [0.1, 0.15) is 17.7 Å². The van der Waals surface area contributed by atoms with Crippen LogP contribution < -0.4 is 0 Å². The molecule has 110 valence electrons. The summed E-state index contributed by atoms with van der Waals surface area (Å²) in [4.78, 5) is 25.3. The number of esters is 1. The first-order valence-electron chi connectivity index (χ1n) is 6.69. The highest BCUT2D eigenvalue weighted by atomic mass is 16.6. The van der Waals surface area contributed by atoms with Crippen molar-refractivity contribution < 1.29 is 19.1 Å². The maximum absolute atomic E-state index is 12.0. The third-order valence-corrected chi connectivity index (χ3v) is 2.34. The zero-order valence-corrected chi connectivity index (χ0v) is 12.8. The number of amides is 1. The molecule has 19 heavy (non-hydrogen) atoms. The normalized spacial score (nSPS) is 15.9. The zero-order valence-electron chi connectivity index (χ0n) is 12.8. The van der Waals surface area contributed by atoms with E-state index in [1.165, 1.54) is 4.90 Å². The van der Waals surface area contributed by atoms with E-state index in [4.69, 9.17) is 9.47 Å². The van der Waals surface area contributed by atoms with Gasteiger partial charge < -0.3 is 9.47 Å². The van der Waals surface area contributed by atoms with E-state index in [9.17, 15) is 9.59 Å². The smallest absolute Gasteiger partial charge is 0.411 e. The molecule has 0 aromatic carbocycles. The average molecular weight is 271 g/mol. The van der Waals surface area contributed by atoms with Gasteiger partial charge in [-0.2, -0.15) is 0 Å². The van der Waals surface area contributed by atoms with Crippen LogP contribution in [0, 0.1) is 0 Å². The van der Waals surface area contributed by atoms with Crippen LogP contribution in [-0.2, 0) is 14.3 Å². The molecular weight excluding hydrogens is 246 g/mol. The second-order valence-corrected chi connectivity index (χ2v) is 6.93. The van der Waals surface area contributed by atoms with Crippen molar-refractivity contribution >= 4 is 12.1 Å². The van der Waals surface area contributed by atoms with Crippen LogP contribution in [0.25, 0.3) is 0 Å². The Labute approximate surface area is 115 Å². The monoisotopic (exact) mass is 271 g/mol. The maximum atomic E-state index is 12.0.